The van der Waals surface area contributed by atoms with E-state index in [0.717, 1.165) is 18.0 Å². The number of anilines is 1. The smallest absolute Gasteiger partial charge is 0.373 e. The number of aromatic nitrogens is 3. The second-order valence-electron chi connectivity index (χ2n) is 3.72. The maximum atomic E-state index is 12.4. The van der Waals surface area contributed by atoms with Crippen molar-refractivity contribution in [3.8, 4) is 0 Å². The van der Waals surface area contributed by atoms with E-state index < -0.39 is 11.7 Å². The van der Waals surface area contributed by atoms with E-state index in [2.05, 4.69) is 15.4 Å². The normalized spacial score (nSPS) is 11.6. The van der Waals surface area contributed by atoms with Gasteiger partial charge in [-0.15, -0.1) is 0 Å². The molecule has 18 heavy (non-hydrogen) atoms. The van der Waals surface area contributed by atoms with Crippen LogP contribution in [0.2, 0.25) is 0 Å². The van der Waals surface area contributed by atoms with Crippen LogP contribution in [0.5, 0.6) is 0 Å². The van der Waals surface area contributed by atoms with Gasteiger partial charge in [-0.2, -0.15) is 18.3 Å². The van der Waals surface area contributed by atoms with Crippen molar-refractivity contribution >= 4 is 5.82 Å². The lowest BCUT2D eigenvalue weighted by Gasteiger charge is -2.04. The number of halogens is 3. The van der Waals surface area contributed by atoms with E-state index in [1.807, 2.05) is 0 Å². The first-order valence-corrected chi connectivity index (χ1v) is 5.21. The molecule has 0 saturated carbocycles. The molecule has 96 valence electrons. The Labute approximate surface area is 101 Å². The van der Waals surface area contributed by atoms with Crippen LogP contribution in [0.1, 0.15) is 11.1 Å². The molecule has 0 aliphatic rings. The van der Waals surface area contributed by atoms with Crippen LogP contribution in [-0.2, 0) is 12.7 Å². The Hall–Kier alpha value is -2.05. The minimum atomic E-state index is -4.35. The summed E-state index contributed by atoms with van der Waals surface area (Å²) in [6.45, 7) is 0.271. The number of nitrogens with zero attached hydrogens (tertiary/aromatic N) is 3. The summed E-state index contributed by atoms with van der Waals surface area (Å²) in [6, 6.07) is 3.49. The highest BCUT2D eigenvalue weighted by atomic mass is 19.4. The van der Waals surface area contributed by atoms with Crippen molar-refractivity contribution < 1.29 is 13.2 Å². The standard InChI is InChI=1S/C11H11F3N4/c1-15-10-4-8(2-3-16-10)6-18-7-9(5-17-18)11(12,13)14/h2-5,7H,6H2,1H3,(H,15,16). The maximum Gasteiger partial charge on any atom is 0.419 e. The molecular formula is C11H11F3N4. The highest BCUT2D eigenvalue weighted by molar-refractivity contribution is 5.36. The number of alkyl halides is 3. The van der Waals surface area contributed by atoms with Gasteiger partial charge >= 0.3 is 6.18 Å². The van der Waals surface area contributed by atoms with Crippen LogP contribution < -0.4 is 5.32 Å². The van der Waals surface area contributed by atoms with Gasteiger partial charge in [0.15, 0.2) is 0 Å². The molecule has 0 aromatic carbocycles. The molecule has 0 radical (unpaired) electrons. The van der Waals surface area contributed by atoms with Gasteiger partial charge in [0.05, 0.1) is 18.3 Å². The molecule has 0 amide bonds. The van der Waals surface area contributed by atoms with Gasteiger partial charge in [-0.3, -0.25) is 4.68 Å². The summed E-state index contributed by atoms with van der Waals surface area (Å²) >= 11 is 0. The summed E-state index contributed by atoms with van der Waals surface area (Å²) in [5, 5.41) is 6.55. The zero-order valence-electron chi connectivity index (χ0n) is 9.57. The van der Waals surface area contributed by atoms with Crippen LogP contribution in [0, 0.1) is 0 Å². The Morgan fingerprint density at radius 3 is 2.78 bits per heavy atom. The van der Waals surface area contributed by atoms with Crippen LogP contribution in [0.3, 0.4) is 0 Å². The third-order valence-corrected chi connectivity index (χ3v) is 2.39. The number of hydrogen-bond acceptors (Lipinski definition) is 3. The SMILES string of the molecule is CNc1cc(Cn2cc(C(F)(F)F)cn2)ccn1. The molecule has 0 spiro atoms. The number of hydrogen-bond donors (Lipinski definition) is 1. The van der Waals surface area contributed by atoms with Gasteiger partial charge in [-0.1, -0.05) is 0 Å². The Balaban J connectivity index is 2.16. The van der Waals surface area contributed by atoms with Crippen molar-refractivity contribution in [1.82, 2.24) is 14.8 Å². The van der Waals surface area contributed by atoms with Crippen molar-refractivity contribution in [1.29, 1.82) is 0 Å². The Morgan fingerprint density at radius 1 is 1.39 bits per heavy atom. The Bertz CT molecular complexity index is 533. The molecule has 2 aromatic heterocycles. The quantitative estimate of drug-likeness (QED) is 0.916. The second kappa shape index (κ2) is 4.67. The average molecular weight is 256 g/mol. The number of rotatable bonds is 3. The van der Waals surface area contributed by atoms with E-state index in [4.69, 9.17) is 0 Å². The fraction of sp³-hybridized carbons (Fsp3) is 0.273. The maximum absolute atomic E-state index is 12.4. The van der Waals surface area contributed by atoms with E-state index in [1.165, 1.54) is 4.68 Å². The first kappa shape index (κ1) is 12.4. The number of pyridine rings is 1. The van der Waals surface area contributed by atoms with Crippen LogP contribution in [-0.4, -0.2) is 21.8 Å². The summed E-state index contributed by atoms with van der Waals surface area (Å²) in [4.78, 5) is 4.02. The van der Waals surface area contributed by atoms with E-state index in [9.17, 15) is 13.2 Å². The van der Waals surface area contributed by atoms with E-state index in [-0.39, 0.29) is 6.54 Å². The molecule has 0 unspecified atom stereocenters. The van der Waals surface area contributed by atoms with Crippen molar-refractivity contribution in [2.24, 2.45) is 0 Å². The van der Waals surface area contributed by atoms with Crippen LogP contribution in [0.25, 0.3) is 0 Å². The van der Waals surface area contributed by atoms with Gasteiger partial charge in [0, 0.05) is 19.4 Å². The highest BCUT2D eigenvalue weighted by Gasteiger charge is 2.32. The molecule has 0 saturated heterocycles. The molecule has 7 heteroatoms. The lowest BCUT2D eigenvalue weighted by atomic mass is 10.2. The third-order valence-electron chi connectivity index (χ3n) is 2.39. The second-order valence-corrected chi connectivity index (χ2v) is 3.72. The highest BCUT2D eigenvalue weighted by Crippen LogP contribution is 2.28. The summed E-state index contributed by atoms with van der Waals surface area (Å²) in [7, 11) is 1.72. The molecule has 2 heterocycles. The summed E-state index contributed by atoms with van der Waals surface area (Å²) in [5.74, 6) is 0.663. The molecule has 0 aliphatic heterocycles. The Kier molecular flexibility index (Phi) is 3.22. The van der Waals surface area contributed by atoms with Gasteiger partial charge in [0.25, 0.3) is 0 Å². The van der Waals surface area contributed by atoms with Gasteiger partial charge < -0.3 is 5.32 Å². The van der Waals surface area contributed by atoms with E-state index in [1.54, 1.807) is 25.4 Å². The minimum absolute atomic E-state index is 0.271. The predicted octanol–water partition coefficient (Wildman–Crippen LogP) is 2.39. The van der Waals surface area contributed by atoms with Gasteiger partial charge in [0.1, 0.15) is 5.82 Å². The minimum Gasteiger partial charge on any atom is -0.373 e. The molecule has 1 N–H and O–H groups in total. The Morgan fingerprint density at radius 2 is 2.17 bits per heavy atom. The zero-order chi connectivity index (χ0) is 13.2. The summed E-state index contributed by atoms with van der Waals surface area (Å²) in [5.41, 5.74) is 0.0802. The topological polar surface area (TPSA) is 42.7 Å². The molecule has 2 aromatic rings. The third kappa shape index (κ3) is 2.79. The molecule has 0 fully saturated rings. The van der Waals surface area contributed by atoms with Gasteiger partial charge in [-0.05, 0) is 17.7 Å². The van der Waals surface area contributed by atoms with Gasteiger partial charge in [0.2, 0.25) is 0 Å². The van der Waals surface area contributed by atoms with E-state index >= 15 is 0 Å². The molecule has 4 nitrogen and oxygen atoms in total. The monoisotopic (exact) mass is 256 g/mol. The van der Waals surface area contributed by atoms with Crippen molar-refractivity contribution in [3.63, 3.8) is 0 Å². The largest absolute Gasteiger partial charge is 0.419 e. The van der Waals surface area contributed by atoms with Crippen LogP contribution in [0.4, 0.5) is 19.0 Å². The van der Waals surface area contributed by atoms with E-state index in [0.29, 0.717) is 5.82 Å². The average Bonchev–Trinajstić information content (AvgIpc) is 2.77. The fourth-order valence-electron chi connectivity index (χ4n) is 1.49. The zero-order valence-corrected chi connectivity index (χ0v) is 9.57. The lowest BCUT2D eigenvalue weighted by Crippen LogP contribution is -2.04. The molecule has 0 bridgehead atoms. The molecule has 2 rings (SSSR count). The fourth-order valence-corrected chi connectivity index (χ4v) is 1.49. The van der Waals surface area contributed by atoms with Crippen LogP contribution in [0.15, 0.2) is 30.7 Å². The van der Waals surface area contributed by atoms with Gasteiger partial charge in [-0.25, -0.2) is 4.98 Å². The van der Waals surface area contributed by atoms with Crippen molar-refractivity contribution in [2.75, 3.05) is 12.4 Å². The molecule has 0 aliphatic carbocycles. The molecule has 0 atom stereocenters. The predicted molar refractivity (Wildman–Crippen MR) is 60.1 cm³/mol. The van der Waals surface area contributed by atoms with Crippen LogP contribution >= 0.6 is 0 Å². The summed E-state index contributed by atoms with van der Waals surface area (Å²) in [6.07, 6.45) is -0.957. The molecular weight excluding hydrogens is 245 g/mol. The first-order valence-electron chi connectivity index (χ1n) is 5.21. The van der Waals surface area contributed by atoms with Crippen molar-refractivity contribution in [2.45, 2.75) is 12.7 Å². The lowest BCUT2D eigenvalue weighted by molar-refractivity contribution is -0.137. The first-order chi connectivity index (χ1) is 8.49. The van der Waals surface area contributed by atoms with Crippen molar-refractivity contribution in [3.05, 3.63) is 41.9 Å². The summed E-state index contributed by atoms with van der Waals surface area (Å²) < 4.78 is 38.4. The number of nitrogens with one attached hydrogen (secondary N) is 1.